The van der Waals surface area contributed by atoms with Crippen LogP contribution < -0.4 is 5.32 Å². The van der Waals surface area contributed by atoms with Crippen LogP contribution in [0.15, 0.2) is 22.7 Å². The average Bonchev–Trinajstić information content (AvgIpc) is 2.35. The zero-order valence-electron chi connectivity index (χ0n) is 10.1. The molecule has 0 aliphatic carbocycles. The number of halogens is 1. The second kappa shape index (κ2) is 7.14. The summed E-state index contributed by atoms with van der Waals surface area (Å²) in [5.74, 6) is 2.62. The lowest BCUT2D eigenvalue weighted by molar-refractivity contribution is -0.385. The van der Waals surface area contributed by atoms with E-state index in [0.717, 1.165) is 12.0 Å². The van der Waals surface area contributed by atoms with Crippen molar-refractivity contribution in [2.45, 2.75) is 32.4 Å². The Hall–Kier alpha value is -1.38. The van der Waals surface area contributed by atoms with Crippen molar-refractivity contribution in [1.29, 1.82) is 0 Å². The zero-order chi connectivity index (χ0) is 13.5. The minimum atomic E-state index is -0.397. The molecule has 0 aliphatic heterocycles. The topological polar surface area (TPSA) is 55.2 Å². The van der Waals surface area contributed by atoms with Gasteiger partial charge in [-0.3, -0.25) is 10.1 Å². The molecule has 0 radical (unpaired) electrons. The first-order valence-corrected chi connectivity index (χ1v) is 6.48. The van der Waals surface area contributed by atoms with Gasteiger partial charge in [-0.05, 0) is 27.9 Å². The van der Waals surface area contributed by atoms with E-state index in [4.69, 9.17) is 6.42 Å². The lowest BCUT2D eigenvalue weighted by atomic mass is 10.1. The summed E-state index contributed by atoms with van der Waals surface area (Å²) in [6.07, 6.45) is 6.86. The minimum Gasteiger partial charge on any atom is -0.309 e. The molecule has 0 fully saturated rings. The van der Waals surface area contributed by atoms with Gasteiger partial charge in [0.2, 0.25) is 0 Å². The van der Waals surface area contributed by atoms with E-state index in [-0.39, 0.29) is 11.7 Å². The Labute approximate surface area is 115 Å². The van der Waals surface area contributed by atoms with E-state index in [1.54, 1.807) is 6.07 Å². The molecule has 0 saturated carbocycles. The fraction of sp³-hybridized carbons (Fsp3) is 0.385. The number of nitrogens with one attached hydrogen (secondary N) is 1. The quantitative estimate of drug-likeness (QED) is 0.498. The van der Waals surface area contributed by atoms with Gasteiger partial charge in [-0.15, -0.1) is 12.3 Å². The number of hydrogen-bond donors (Lipinski definition) is 1. The molecule has 1 aromatic rings. The normalized spacial score (nSPS) is 11.8. The van der Waals surface area contributed by atoms with Gasteiger partial charge in [0.15, 0.2) is 0 Å². The van der Waals surface area contributed by atoms with Crippen LogP contribution in [0, 0.1) is 22.5 Å². The molecule has 18 heavy (non-hydrogen) atoms. The van der Waals surface area contributed by atoms with Gasteiger partial charge in [-0.1, -0.05) is 19.1 Å². The molecule has 1 unspecified atom stereocenters. The van der Waals surface area contributed by atoms with Gasteiger partial charge in [-0.25, -0.2) is 0 Å². The summed E-state index contributed by atoms with van der Waals surface area (Å²) in [5, 5.41) is 14.1. The highest BCUT2D eigenvalue weighted by atomic mass is 79.9. The van der Waals surface area contributed by atoms with Gasteiger partial charge in [-0.2, -0.15) is 0 Å². The molecule has 1 N–H and O–H groups in total. The Morgan fingerprint density at radius 1 is 1.61 bits per heavy atom. The smallest absolute Gasteiger partial charge is 0.283 e. The lowest BCUT2D eigenvalue weighted by Crippen LogP contribution is -2.27. The first-order valence-electron chi connectivity index (χ1n) is 5.68. The van der Waals surface area contributed by atoms with Crippen LogP contribution in [-0.4, -0.2) is 11.0 Å². The maximum Gasteiger partial charge on any atom is 0.283 e. The lowest BCUT2D eigenvalue weighted by Gasteiger charge is -2.14. The van der Waals surface area contributed by atoms with E-state index in [0.29, 0.717) is 17.4 Å². The zero-order valence-corrected chi connectivity index (χ0v) is 11.7. The molecule has 0 amide bonds. The minimum absolute atomic E-state index is 0.0827. The molecule has 1 rings (SSSR count). The van der Waals surface area contributed by atoms with Crippen LogP contribution in [0.4, 0.5) is 5.69 Å². The molecule has 1 atom stereocenters. The fourth-order valence-electron chi connectivity index (χ4n) is 1.60. The first-order chi connectivity index (χ1) is 8.60. The largest absolute Gasteiger partial charge is 0.309 e. The van der Waals surface area contributed by atoms with Crippen LogP contribution >= 0.6 is 15.9 Å². The number of hydrogen-bond acceptors (Lipinski definition) is 3. The maximum absolute atomic E-state index is 10.8. The molecule has 0 aromatic heterocycles. The molecule has 5 heteroatoms. The predicted octanol–water partition coefficient (Wildman–Crippen LogP) is 3.25. The Morgan fingerprint density at radius 3 is 2.89 bits per heavy atom. The van der Waals surface area contributed by atoms with Gasteiger partial charge < -0.3 is 5.32 Å². The Balaban J connectivity index is 2.77. The number of nitrogens with zero attached hydrogens (tertiary/aromatic N) is 1. The summed E-state index contributed by atoms with van der Waals surface area (Å²) >= 11 is 3.27. The van der Waals surface area contributed by atoms with Crippen molar-refractivity contribution in [1.82, 2.24) is 5.32 Å². The Morgan fingerprint density at radius 2 is 2.33 bits per heavy atom. The van der Waals surface area contributed by atoms with Crippen LogP contribution in [0.5, 0.6) is 0 Å². The molecular weight excluding hydrogens is 296 g/mol. The fourth-order valence-corrected chi connectivity index (χ4v) is 2.15. The molecular formula is C13H15BrN2O2. The third kappa shape index (κ3) is 3.83. The summed E-state index contributed by atoms with van der Waals surface area (Å²) in [7, 11) is 0. The van der Waals surface area contributed by atoms with E-state index in [1.807, 2.05) is 6.07 Å². The molecule has 96 valence electrons. The molecule has 0 aliphatic rings. The van der Waals surface area contributed by atoms with Crippen LogP contribution in [-0.2, 0) is 6.54 Å². The summed E-state index contributed by atoms with van der Waals surface area (Å²) < 4.78 is 0.526. The van der Waals surface area contributed by atoms with E-state index in [9.17, 15) is 10.1 Å². The van der Waals surface area contributed by atoms with Crippen molar-refractivity contribution in [2.75, 3.05) is 0 Å². The monoisotopic (exact) mass is 310 g/mol. The number of nitro benzene ring substituents is 1. The Bertz CT molecular complexity index is 469. The van der Waals surface area contributed by atoms with Crippen LogP contribution in [0.3, 0.4) is 0 Å². The predicted molar refractivity (Wildman–Crippen MR) is 75.2 cm³/mol. The molecule has 4 nitrogen and oxygen atoms in total. The highest BCUT2D eigenvalue weighted by Crippen LogP contribution is 2.28. The van der Waals surface area contributed by atoms with Gasteiger partial charge in [0.1, 0.15) is 0 Å². The molecule has 0 saturated heterocycles. The maximum atomic E-state index is 10.8. The summed E-state index contributed by atoms with van der Waals surface area (Å²) in [4.78, 5) is 10.4. The number of benzene rings is 1. The first kappa shape index (κ1) is 14.7. The number of rotatable bonds is 6. The summed E-state index contributed by atoms with van der Waals surface area (Å²) in [6.45, 7) is 2.61. The highest BCUT2D eigenvalue weighted by molar-refractivity contribution is 9.10. The van der Waals surface area contributed by atoms with Gasteiger partial charge in [0.25, 0.3) is 5.69 Å². The van der Waals surface area contributed by atoms with E-state index in [1.165, 1.54) is 6.07 Å². The van der Waals surface area contributed by atoms with Crippen LogP contribution in [0.25, 0.3) is 0 Å². The third-order valence-electron chi connectivity index (χ3n) is 2.69. The molecule has 0 spiro atoms. The second-order valence-corrected chi connectivity index (χ2v) is 4.69. The average molecular weight is 311 g/mol. The van der Waals surface area contributed by atoms with E-state index in [2.05, 4.69) is 34.1 Å². The molecule has 0 heterocycles. The molecule has 1 aromatic carbocycles. The summed E-state index contributed by atoms with van der Waals surface area (Å²) in [6, 6.07) is 5.25. The van der Waals surface area contributed by atoms with E-state index < -0.39 is 4.92 Å². The standard InChI is InChI=1S/C13H15BrN2O2/c1-3-6-11(4-2)15-9-10-7-5-8-12(13(10)14)16(17)18/h1,5,7-8,11,15H,4,6,9H2,2H3. The van der Waals surface area contributed by atoms with Crippen molar-refractivity contribution in [3.8, 4) is 12.3 Å². The van der Waals surface area contributed by atoms with Crippen LogP contribution in [0.1, 0.15) is 25.3 Å². The van der Waals surface area contributed by atoms with E-state index >= 15 is 0 Å². The van der Waals surface area contributed by atoms with Crippen molar-refractivity contribution in [3.05, 3.63) is 38.3 Å². The van der Waals surface area contributed by atoms with Crippen molar-refractivity contribution in [2.24, 2.45) is 0 Å². The third-order valence-corrected chi connectivity index (χ3v) is 3.61. The summed E-state index contributed by atoms with van der Waals surface area (Å²) in [5.41, 5.74) is 0.943. The number of nitro groups is 1. The second-order valence-electron chi connectivity index (χ2n) is 3.90. The van der Waals surface area contributed by atoms with Crippen molar-refractivity contribution in [3.63, 3.8) is 0 Å². The van der Waals surface area contributed by atoms with Gasteiger partial charge in [0, 0.05) is 25.1 Å². The SMILES string of the molecule is C#CCC(CC)NCc1cccc([N+](=O)[O-])c1Br. The van der Waals surface area contributed by atoms with Crippen molar-refractivity contribution < 1.29 is 4.92 Å². The number of terminal acetylenes is 1. The Kier molecular flexibility index (Phi) is 5.83. The van der Waals surface area contributed by atoms with Gasteiger partial charge in [0.05, 0.1) is 9.40 Å². The van der Waals surface area contributed by atoms with Crippen LogP contribution in [0.2, 0.25) is 0 Å². The highest BCUT2D eigenvalue weighted by Gasteiger charge is 2.15. The van der Waals surface area contributed by atoms with Crippen molar-refractivity contribution >= 4 is 21.6 Å². The van der Waals surface area contributed by atoms with Gasteiger partial charge >= 0.3 is 0 Å². The molecule has 0 bridgehead atoms.